The van der Waals surface area contributed by atoms with Gasteiger partial charge in [0, 0.05) is 47.4 Å². The molecular formula is C30H18N6O. The highest BCUT2D eigenvalue weighted by Crippen LogP contribution is 2.40. The van der Waals surface area contributed by atoms with Gasteiger partial charge in [0.15, 0.2) is 11.4 Å². The van der Waals surface area contributed by atoms with Crippen molar-refractivity contribution >= 4 is 28.6 Å². The number of carbonyl (C=O) groups excluding carboxylic acids is 1. The molecule has 0 fully saturated rings. The monoisotopic (exact) mass is 478 g/mol. The minimum absolute atomic E-state index is 0.0936. The molecule has 0 unspecified atom stereocenters. The summed E-state index contributed by atoms with van der Waals surface area (Å²) in [5.41, 5.74) is 5.70. The van der Waals surface area contributed by atoms with Gasteiger partial charge in [0.05, 0.1) is 11.2 Å². The van der Waals surface area contributed by atoms with Crippen LogP contribution in [0.15, 0.2) is 96.3 Å². The molecule has 3 heterocycles. The van der Waals surface area contributed by atoms with Crippen LogP contribution in [-0.4, -0.2) is 24.9 Å². The maximum absolute atomic E-state index is 13.5. The Bertz CT molecular complexity index is 1840. The second kappa shape index (κ2) is 8.60. The molecule has 0 amide bonds. The number of aromatic nitrogens is 4. The quantitative estimate of drug-likeness (QED) is 0.252. The van der Waals surface area contributed by atoms with Gasteiger partial charge in [-0.15, -0.1) is 0 Å². The number of Topliss-reactive ketones (excluding diaryl/α,β-unsaturated/α-hetero) is 1. The van der Waals surface area contributed by atoms with Crippen molar-refractivity contribution < 1.29 is 4.79 Å². The Morgan fingerprint density at radius 1 is 0.946 bits per heavy atom. The van der Waals surface area contributed by atoms with Gasteiger partial charge in [0.25, 0.3) is 0 Å². The molecule has 0 saturated carbocycles. The summed E-state index contributed by atoms with van der Waals surface area (Å²) in [5, 5.41) is 19.4. The minimum Gasteiger partial charge on any atom is -0.326 e. The first kappa shape index (κ1) is 22.0. The van der Waals surface area contributed by atoms with Crippen LogP contribution in [0, 0.1) is 22.7 Å². The van der Waals surface area contributed by atoms with Crippen LogP contribution in [0.3, 0.4) is 0 Å². The summed E-state index contributed by atoms with van der Waals surface area (Å²) in [5.74, 6) is 0.547. The average Bonchev–Trinajstić information content (AvgIpc) is 3.55. The second-order valence-corrected chi connectivity index (χ2v) is 8.59. The maximum atomic E-state index is 13.5. The highest BCUT2D eigenvalue weighted by molar-refractivity contribution is 6.29. The molecule has 0 spiro atoms. The van der Waals surface area contributed by atoms with Gasteiger partial charge in [-0.3, -0.25) is 14.3 Å². The summed E-state index contributed by atoms with van der Waals surface area (Å²) >= 11 is 0. The van der Waals surface area contributed by atoms with E-state index in [1.54, 1.807) is 42.7 Å². The summed E-state index contributed by atoms with van der Waals surface area (Å²) in [6.45, 7) is 0. The number of benzene rings is 2. The van der Waals surface area contributed by atoms with Crippen molar-refractivity contribution in [2.75, 3.05) is 0 Å². The number of para-hydroxylation sites is 1. The molecule has 0 aliphatic heterocycles. The number of rotatable bonds is 3. The van der Waals surface area contributed by atoms with Crippen LogP contribution in [-0.2, 0) is 7.05 Å². The fourth-order valence-electron chi connectivity index (χ4n) is 4.85. The molecule has 7 nitrogen and oxygen atoms in total. The first-order chi connectivity index (χ1) is 18.1. The van der Waals surface area contributed by atoms with Gasteiger partial charge in [-0.05, 0) is 42.0 Å². The Morgan fingerprint density at radius 2 is 1.68 bits per heavy atom. The predicted molar refractivity (Wildman–Crippen MR) is 140 cm³/mol. The third-order valence-corrected chi connectivity index (χ3v) is 6.53. The van der Waals surface area contributed by atoms with Crippen LogP contribution in [0.2, 0.25) is 0 Å². The molecule has 6 rings (SSSR count). The second-order valence-electron chi connectivity index (χ2n) is 8.59. The van der Waals surface area contributed by atoms with E-state index in [9.17, 15) is 15.3 Å². The van der Waals surface area contributed by atoms with Crippen LogP contribution in [0.1, 0.15) is 21.6 Å². The lowest BCUT2D eigenvalue weighted by molar-refractivity contribution is 0.104. The Hall–Kier alpha value is -5.53. The van der Waals surface area contributed by atoms with Gasteiger partial charge < -0.3 is 4.57 Å². The van der Waals surface area contributed by atoms with Crippen LogP contribution >= 0.6 is 0 Å². The molecule has 3 aromatic heterocycles. The molecule has 37 heavy (non-hydrogen) atoms. The lowest BCUT2D eigenvalue weighted by atomic mass is 9.99. The zero-order valence-corrected chi connectivity index (χ0v) is 19.8. The molecule has 0 saturated heterocycles. The van der Waals surface area contributed by atoms with E-state index in [-0.39, 0.29) is 11.4 Å². The van der Waals surface area contributed by atoms with E-state index >= 15 is 0 Å². The van der Waals surface area contributed by atoms with Gasteiger partial charge >= 0.3 is 0 Å². The number of imidazole rings is 1. The van der Waals surface area contributed by atoms with E-state index in [4.69, 9.17) is 4.98 Å². The smallest absolute Gasteiger partial charge is 0.194 e. The molecule has 0 N–H and O–H groups in total. The van der Waals surface area contributed by atoms with Gasteiger partial charge in [-0.25, -0.2) is 4.98 Å². The Labute approximate surface area is 212 Å². The van der Waals surface area contributed by atoms with Crippen LogP contribution in [0.5, 0.6) is 0 Å². The summed E-state index contributed by atoms with van der Waals surface area (Å²) < 4.78 is 3.97. The molecule has 1 aliphatic rings. The Morgan fingerprint density at radius 3 is 2.38 bits per heavy atom. The third-order valence-electron chi connectivity index (χ3n) is 6.53. The number of carbonyl (C=O) groups is 1. The number of nitriles is 2. The van der Waals surface area contributed by atoms with Gasteiger partial charge in [-0.1, -0.05) is 42.5 Å². The maximum Gasteiger partial charge on any atom is 0.194 e. The van der Waals surface area contributed by atoms with Crippen molar-refractivity contribution in [3.63, 3.8) is 0 Å². The number of allylic oxidation sites excluding steroid dienone is 3. The number of ketones is 1. The van der Waals surface area contributed by atoms with Crippen LogP contribution in [0.4, 0.5) is 0 Å². The highest BCUT2D eigenvalue weighted by atomic mass is 16.1. The molecule has 7 heteroatoms. The lowest BCUT2D eigenvalue weighted by Gasteiger charge is -2.09. The van der Waals surface area contributed by atoms with Crippen molar-refractivity contribution in [1.82, 2.24) is 19.1 Å². The average molecular weight is 479 g/mol. The number of pyridine rings is 1. The van der Waals surface area contributed by atoms with Gasteiger partial charge in [0.1, 0.15) is 23.5 Å². The molecule has 0 bridgehead atoms. The summed E-state index contributed by atoms with van der Waals surface area (Å²) in [7, 11) is 1.94. The van der Waals surface area contributed by atoms with E-state index in [1.807, 2.05) is 76.9 Å². The fraction of sp³-hybridized carbons (Fsp3) is 0.0333. The standard InChI is InChI=1S/C30H18N6O/c1-35-26-15-22(14-25-27(20(16-31)17-32)23-11-5-6-12-24(23)28(25)37)36(21-9-3-2-4-10-21)30(26)34-29(35)19-8-7-13-33-18-19/h2-15,18H,1H3/b25-14-. The summed E-state index contributed by atoms with van der Waals surface area (Å²) in [6, 6.07) is 26.6. The van der Waals surface area contributed by atoms with E-state index in [0.29, 0.717) is 33.6 Å². The normalized spacial score (nSPS) is 13.5. The molecule has 2 aromatic carbocycles. The largest absolute Gasteiger partial charge is 0.326 e. The fourth-order valence-corrected chi connectivity index (χ4v) is 4.85. The van der Waals surface area contributed by atoms with Crippen molar-refractivity contribution in [2.24, 2.45) is 7.05 Å². The lowest BCUT2D eigenvalue weighted by Crippen LogP contribution is -2.01. The van der Waals surface area contributed by atoms with Crippen molar-refractivity contribution in [3.8, 4) is 29.2 Å². The van der Waals surface area contributed by atoms with Crippen LogP contribution < -0.4 is 0 Å². The molecule has 0 atom stereocenters. The number of hydrogen-bond donors (Lipinski definition) is 0. The van der Waals surface area contributed by atoms with E-state index in [2.05, 4.69) is 4.98 Å². The Kier molecular flexibility index (Phi) is 5.11. The van der Waals surface area contributed by atoms with E-state index < -0.39 is 0 Å². The van der Waals surface area contributed by atoms with Crippen molar-refractivity contribution in [2.45, 2.75) is 0 Å². The molecule has 1 aliphatic carbocycles. The van der Waals surface area contributed by atoms with E-state index in [1.165, 1.54) is 0 Å². The highest BCUT2D eigenvalue weighted by Gasteiger charge is 2.33. The number of fused-ring (bicyclic) bond motifs is 2. The molecular weight excluding hydrogens is 460 g/mol. The number of hydrogen-bond acceptors (Lipinski definition) is 5. The van der Waals surface area contributed by atoms with Crippen molar-refractivity contribution in [3.05, 3.63) is 113 Å². The first-order valence-electron chi connectivity index (χ1n) is 11.6. The first-order valence-corrected chi connectivity index (χ1v) is 11.6. The topological polar surface area (TPSA) is 100 Å². The summed E-state index contributed by atoms with van der Waals surface area (Å²) in [4.78, 5) is 22.7. The number of nitrogens with zero attached hydrogens (tertiary/aromatic N) is 6. The minimum atomic E-state index is -0.220. The summed E-state index contributed by atoms with van der Waals surface area (Å²) in [6.07, 6.45) is 5.25. The van der Waals surface area contributed by atoms with Gasteiger partial charge in [-0.2, -0.15) is 10.5 Å². The van der Waals surface area contributed by atoms with E-state index in [0.717, 1.165) is 22.6 Å². The number of aryl methyl sites for hydroxylation is 1. The predicted octanol–water partition coefficient (Wildman–Crippen LogP) is 5.51. The molecule has 0 radical (unpaired) electrons. The van der Waals surface area contributed by atoms with Gasteiger partial charge in [0.2, 0.25) is 0 Å². The SMILES string of the molecule is Cn1c(-c2cccnc2)nc2c1cc(/C=C1\C(=O)c3ccccc3C1=C(C#N)C#N)n2-c1ccccc1. The van der Waals surface area contributed by atoms with Crippen molar-refractivity contribution in [1.29, 1.82) is 10.5 Å². The third kappa shape index (κ3) is 3.38. The zero-order valence-electron chi connectivity index (χ0n) is 19.8. The molecule has 174 valence electrons. The molecule has 5 aromatic rings. The Balaban J connectivity index is 1.64. The van der Waals surface area contributed by atoms with Crippen LogP contribution in [0.25, 0.3) is 39.9 Å². The zero-order chi connectivity index (χ0) is 25.5.